The number of nitrogens with one attached hydrogen (secondary N) is 1. The van der Waals surface area contributed by atoms with Crippen LogP contribution in [0.1, 0.15) is 6.92 Å². The second kappa shape index (κ2) is 4.37. The molecule has 0 aliphatic rings. The highest BCUT2D eigenvalue weighted by Crippen LogP contribution is 1.93. The van der Waals surface area contributed by atoms with E-state index in [0.717, 1.165) is 0 Å². The Morgan fingerprint density at radius 2 is 2.22 bits per heavy atom. The van der Waals surface area contributed by atoms with Gasteiger partial charge in [0.25, 0.3) is 0 Å². The molecule has 2 nitrogen and oxygen atoms in total. The first-order chi connectivity index (χ1) is 4.26. The van der Waals surface area contributed by atoms with E-state index in [1.165, 1.54) is 0 Å². The van der Waals surface area contributed by atoms with E-state index in [-0.39, 0.29) is 12.1 Å². The Balaban J connectivity index is 3.68. The maximum absolute atomic E-state index is 5.17. The molecule has 0 aromatic carbocycles. The van der Waals surface area contributed by atoms with E-state index in [1.54, 1.807) is 7.11 Å². The predicted octanol–water partition coefficient (Wildman–Crippen LogP) is 0.242. The first-order valence-electron chi connectivity index (χ1n) is 2.92. The number of terminal acetylenes is 1. The fourth-order valence-corrected chi connectivity index (χ4v) is 0.590. The molecular formula is C7H13NO. The molecule has 0 saturated heterocycles. The van der Waals surface area contributed by atoms with Crippen LogP contribution in [0.4, 0.5) is 0 Å². The van der Waals surface area contributed by atoms with Crippen LogP contribution in [-0.2, 0) is 4.74 Å². The normalized spacial score (nSPS) is 16.2. The third-order valence-electron chi connectivity index (χ3n) is 1.33. The summed E-state index contributed by atoms with van der Waals surface area (Å²) in [4.78, 5) is 0. The summed E-state index contributed by atoms with van der Waals surface area (Å²) in [6.07, 6.45) is 5.25. The molecule has 1 N–H and O–H groups in total. The molecule has 0 fully saturated rings. The minimum atomic E-state index is 0.0231. The summed E-state index contributed by atoms with van der Waals surface area (Å²) >= 11 is 0. The molecule has 0 amide bonds. The molecule has 2 unspecified atom stereocenters. The highest BCUT2D eigenvalue weighted by molar-refractivity contribution is 5.01. The zero-order valence-corrected chi connectivity index (χ0v) is 6.14. The Labute approximate surface area is 56.6 Å². The average molecular weight is 127 g/mol. The molecule has 9 heavy (non-hydrogen) atoms. The van der Waals surface area contributed by atoms with Gasteiger partial charge in [0.1, 0.15) is 0 Å². The van der Waals surface area contributed by atoms with Crippen LogP contribution in [0.15, 0.2) is 0 Å². The van der Waals surface area contributed by atoms with Crippen molar-refractivity contribution < 1.29 is 4.74 Å². The summed E-state index contributed by atoms with van der Waals surface area (Å²) in [5, 5.41) is 2.94. The van der Waals surface area contributed by atoms with E-state index in [9.17, 15) is 0 Å². The fourth-order valence-electron chi connectivity index (χ4n) is 0.590. The average Bonchev–Trinajstić information content (AvgIpc) is 1.90. The third-order valence-corrected chi connectivity index (χ3v) is 1.33. The van der Waals surface area contributed by atoms with Gasteiger partial charge in [0.05, 0.1) is 12.1 Å². The zero-order chi connectivity index (χ0) is 7.28. The number of hydrogen-bond donors (Lipinski definition) is 1. The smallest absolute Gasteiger partial charge is 0.0947 e. The van der Waals surface area contributed by atoms with Crippen LogP contribution in [-0.4, -0.2) is 26.3 Å². The second-order valence-electron chi connectivity index (χ2n) is 1.87. The van der Waals surface area contributed by atoms with Crippen LogP contribution in [0.2, 0.25) is 0 Å². The number of likely N-dealkylation sites (N-methyl/N-ethyl adjacent to an activating group) is 1. The van der Waals surface area contributed by atoms with Gasteiger partial charge in [-0.3, -0.25) is 0 Å². The monoisotopic (exact) mass is 127 g/mol. The van der Waals surface area contributed by atoms with Crippen LogP contribution in [0.25, 0.3) is 0 Å². The van der Waals surface area contributed by atoms with Gasteiger partial charge in [-0.1, -0.05) is 5.92 Å². The van der Waals surface area contributed by atoms with E-state index in [4.69, 9.17) is 11.2 Å². The Morgan fingerprint density at radius 1 is 1.67 bits per heavy atom. The summed E-state index contributed by atoms with van der Waals surface area (Å²) in [5.74, 6) is 2.57. The molecule has 0 radical (unpaired) electrons. The van der Waals surface area contributed by atoms with Gasteiger partial charge in [-0.25, -0.2) is 0 Å². The predicted molar refractivity (Wildman–Crippen MR) is 38.2 cm³/mol. The molecule has 2 heteroatoms. The molecular weight excluding hydrogens is 114 g/mol. The summed E-state index contributed by atoms with van der Waals surface area (Å²) < 4.78 is 4.99. The maximum Gasteiger partial charge on any atom is 0.0947 e. The van der Waals surface area contributed by atoms with Gasteiger partial charge in [-0.2, -0.15) is 0 Å². The lowest BCUT2D eigenvalue weighted by atomic mass is 10.2. The summed E-state index contributed by atoms with van der Waals surface area (Å²) in [6, 6.07) is 0.0231. The minimum Gasteiger partial charge on any atom is -0.379 e. The van der Waals surface area contributed by atoms with Crippen LogP contribution in [0.5, 0.6) is 0 Å². The van der Waals surface area contributed by atoms with Gasteiger partial charge in [0, 0.05) is 7.11 Å². The molecule has 0 rings (SSSR count). The molecule has 2 atom stereocenters. The molecule has 0 spiro atoms. The van der Waals surface area contributed by atoms with Crippen LogP contribution >= 0.6 is 0 Å². The van der Waals surface area contributed by atoms with Gasteiger partial charge in [-0.05, 0) is 14.0 Å². The van der Waals surface area contributed by atoms with E-state index in [0.29, 0.717) is 0 Å². The number of hydrogen-bond acceptors (Lipinski definition) is 2. The molecule has 0 aliphatic heterocycles. The van der Waals surface area contributed by atoms with Crippen LogP contribution in [0.3, 0.4) is 0 Å². The zero-order valence-electron chi connectivity index (χ0n) is 6.14. The van der Waals surface area contributed by atoms with Crippen molar-refractivity contribution in [3.63, 3.8) is 0 Å². The maximum atomic E-state index is 5.17. The molecule has 0 saturated carbocycles. The summed E-state index contributed by atoms with van der Waals surface area (Å²) in [5.41, 5.74) is 0. The summed E-state index contributed by atoms with van der Waals surface area (Å²) in [7, 11) is 3.46. The van der Waals surface area contributed by atoms with Crippen LogP contribution < -0.4 is 5.32 Å². The van der Waals surface area contributed by atoms with Crippen LogP contribution in [0, 0.1) is 12.3 Å². The number of ether oxygens (including phenoxy) is 1. The Kier molecular flexibility index (Phi) is 4.12. The topological polar surface area (TPSA) is 21.3 Å². The summed E-state index contributed by atoms with van der Waals surface area (Å²) in [6.45, 7) is 1.93. The molecule has 0 aromatic rings. The Morgan fingerprint density at radius 3 is 2.33 bits per heavy atom. The van der Waals surface area contributed by atoms with Crippen molar-refractivity contribution in [2.75, 3.05) is 14.2 Å². The molecule has 52 valence electrons. The second-order valence-corrected chi connectivity index (χ2v) is 1.87. The fraction of sp³-hybridized carbons (Fsp3) is 0.714. The van der Waals surface area contributed by atoms with Crippen molar-refractivity contribution in [1.29, 1.82) is 0 Å². The lowest BCUT2D eigenvalue weighted by Crippen LogP contribution is -2.35. The SMILES string of the molecule is C#CC(NC)C(C)OC. The standard InChI is InChI=1S/C7H13NO/c1-5-7(8-3)6(2)9-4/h1,6-8H,2-4H3. The largest absolute Gasteiger partial charge is 0.379 e. The van der Waals surface area contributed by atoms with E-state index >= 15 is 0 Å². The third kappa shape index (κ3) is 2.50. The van der Waals surface area contributed by atoms with E-state index < -0.39 is 0 Å². The van der Waals surface area contributed by atoms with E-state index in [2.05, 4.69) is 11.2 Å². The molecule has 0 aromatic heterocycles. The molecule has 0 aliphatic carbocycles. The van der Waals surface area contributed by atoms with Crippen molar-refractivity contribution >= 4 is 0 Å². The first kappa shape index (κ1) is 8.48. The number of methoxy groups -OCH3 is 1. The van der Waals surface area contributed by atoms with Crippen molar-refractivity contribution in [2.24, 2.45) is 0 Å². The molecule has 0 bridgehead atoms. The Hall–Kier alpha value is -0.520. The first-order valence-corrected chi connectivity index (χ1v) is 2.92. The van der Waals surface area contributed by atoms with Crippen molar-refractivity contribution in [1.82, 2.24) is 5.32 Å². The Bertz CT molecular complexity index is 106. The van der Waals surface area contributed by atoms with Crippen molar-refractivity contribution in [3.8, 4) is 12.3 Å². The minimum absolute atomic E-state index is 0.0231. The van der Waals surface area contributed by atoms with Gasteiger partial charge in [0.2, 0.25) is 0 Å². The highest BCUT2D eigenvalue weighted by atomic mass is 16.5. The number of rotatable bonds is 3. The van der Waals surface area contributed by atoms with Gasteiger partial charge < -0.3 is 10.1 Å². The van der Waals surface area contributed by atoms with Crippen molar-refractivity contribution in [3.05, 3.63) is 0 Å². The lowest BCUT2D eigenvalue weighted by molar-refractivity contribution is 0.102. The quantitative estimate of drug-likeness (QED) is 0.548. The molecule has 0 heterocycles. The van der Waals surface area contributed by atoms with Crippen molar-refractivity contribution in [2.45, 2.75) is 19.1 Å². The van der Waals surface area contributed by atoms with E-state index in [1.807, 2.05) is 14.0 Å². The van der Waals surface area contributed by atoms with Gasteiger partial charge in [-0.15, -0.1) is 6.42 Å². The highest BCUT2D eigenvalue weighted by Gasteiger charge is 2.09. The van der Waals surface area contributed by atoms with Gasteiger partial charge >= 0.3 is 0 Å². The lowest BCUT2D eigenvalue weighted by Gasteiger charge is -2.15. The van der Waals surface area contributed by atoms with Gasteiger partial charge in [0.15, 0.2) is 0 Å².